The second-order valence-electron chi connectivity index (χ2n) is 8.90. The average molecular weight is 441 g/mol. The van der Waals surface area contributed by atoms with Gasteiger partial charge in [-0.15, -0.1) is 6.58 Å². The van der Waals surface area contributed by atoms with Crippen LogP contribution >= 0.6 is 0 Å². The van der Waals surface area contributed by atoms with Crippen LogP contribution in [0.25, 0.3) is 0 Å². The lowest BCUT2D eigenvalue weighted by molar-refractivity contribution is -0.140. The maximum Gasteiger partial charge on any atom is 0.416 e. The zero-order valence-corrected chi connectivity index (χ0v) is 19.0. The minimum absolute atomic E-state index is 0.0290. The summed E-state index contributed by atoms with van der Waals surface area (Å²) in [4.78, 5) is 42.1. The number of unbranched alkanes of at least 4 members (excludes halogenated alkanes) is 3. The number of cyclic esters (lactones) is 1. The van der Waals surface area contributed by atoms with E-state index < -0.39 is 12.0 Å². The molecule has 3 amide bonds. The third kappa shape index (κ3) is 6.68. The van der Waals surface area contributed by atoms with Gasteiger partial charge in [0.2, 0.25) is 11.8 Å². The molecule has 0 aromatic heterocycles. The average Bonchev–Trinajstić information content (AvgIpc) is 3.18. The summed E-state index contributed by atoms with van der Waals surface area (Å²) in [5, 5.41) is 0. The highest BCUT2D eigenvalue weighted by atomic mass is 16.6. The van der Waals surface area contributed by atoms with Crippen LogP contribution in [0, 0.1) is 5.92 Å². The van der Waals surface area contributed by atoms with Crippen LogP contribution in [0.15, 0.2) is 43.0 Å². The summed E-state index contributed by atoms with van der Waals surface area (Å²) in [6.45, 7) is 5.48. The summed E-state index contributed by atoms with van der Waals surface area (Å²) in [6, 6.07) is 9.48. The van der Waals surface area contributed by atoms with Crippen molar-refractivity contribution >= 4 is 17.9 Å². The number of carbonyl (C=O) groups is 3. The number of rotatable bonds is 11. The molecule has 6 nitrogen and oxygen atoms in total. The van der Waals surface area contributed by atoms with Crippen LogP contribution in [0.3, 0.4) is 0 Å². The number of benzene rings is 1. The summed E-state index contributed by atoms with van der Waals surface area (Å²) in [6.07, 6.45) is 9.63. The van der Waals surface area contributed by atoms with Gasteiger partial charge in [0, 0.05) is 25.4 Å². The van der Waals surface area contributed by atoms with Crippen molar-refractivity contribution in [3.8, 4) is 0 Å². The van der Waals surface area contributed by atoms with Crippen molar-refractivity contribution in [2.24, 2.45) is 5.92 Å². The Morgan fingerprint density at radius 1 is 1.09 bits per heavy atom. The SMILES string of the molecule is C=CCCCCC[C@H](CC(=O)N1CCCCC1)C(=O)N1C(=O)OC[C@@H]1Cc1ccccc1. The summed E-state index contributed by atoms with van der Waals surface area (Å²) in [5.74, 6) is -0.721. The Balaban J connectivity index is 1.68. The molecule has 0 spiro atoms. The number of piperidine rings is 1. The van der Waals surface area contributed by atoms with Gasteiger partial charge in [-0.2, -0.15) is 0 Å². The van der Waals surface area contributed by atoms with Gasteiger partial charge < -0.3 is 9.64 Å². The highest BCUT2D eigenvalue weighted by Crippen LogP contribution is 2.25. The van der Waals surface area contributed by atoms with Gasteiger partial charge in [0.15, 0.2) is 0 Å². The van der Waals surface area contributed by atoms with E-state index >= 15 is 0 Å². The van der Waals surface area contributed by atoms with Crippen LogP contribution in [0.5, 0.6) is 0 Å². The Bertz CT molecular complexity index is 773. The monoisotopic (exact) mass is 440 g/mol. The van der Waals surface area contributed by atoms with E-state index in [1.165, 1.54) is 4.90 Å². The minimum Gasteiger partial charge on any atom is -0.447 e. The van der Waals surface area contributed by atoms with Crippen molar-refractivity contribution in [2.45, 2.75) is 70.3 Å². The number of amides is 3. The van der Waals surface area contributed by atoms with Gasteiger partial charge in [0.1, 0.15) is 6.61 Å². The van der Waals surface area contributed by atoms with E-state index in [2.05, 4.69) is 6.58 Å². The molecule has 0 unspecified atom stereocenters. The second-order valence-corrected chi connectivity index (χ2v) is 8.90. The summed E-state index contributed by atoms with van der Waals surface area (Å²) < 4.78 is 5.26. The number of imide groups is 1. The number of allylic oxidation sites excluding steroid dienone is 1. The minimum atomic E-state index is -0.585. The van der Waals surface area contributed by atoms with Crippen molar-refractivity contribution in [3.63, 3.8) is 0 Å². The van der Waals surface area contributed by atoms with Gasteiger partial charge >= 0.3 is 6.09 Å². The Morgan fingerprint density at radius 3 is 2.56 bits per heavy atom. The Morgan fingerprint density at radius 2 is 1.84 bits per heavy atom. The van der Waals surface area contributed by atoms with Crippen LogP contribution in [0.4, 0.5) is 4.79 Å². The Kier molecular flexibility index (Phi) is 9.32. The number of likely N-dealkylation sites (tertiary alicyclic amines) is 1. The van der Waals surface area contributed by atoms with Crippen molar-refractivity contribution in [3.05, 3.63) is 48.6 Å². The van der Waals surface area contributed by atoms with Gasteiger partial charge in [-0.3, -0.25) is 9.59 Å². The number of hydrogen-bond donors (Lipinski definition) is 0. The molecular formula is C26H36N2O4. The largest absolute Gasteiger partial charge is 0.447 e. The smallest absolute Gasteiger partial charge is 0.416 e. The second kappa shape index (κ2) is 12.4. The molecule has 2 heterocycles. The zero-order chi connectivity index (χ0) is 22.8. The molecule has 32 heavy (non-hydrogen) atoms. The van der Waals surface area contributed by atoms with Gasteiger partial charge in [0.05, 0.1) is 6.04 Å². The predicted molar refractivity (Wildman–Crippen MR) is 124 cm³/mol. The van der Waals surface area contributed by atoms with Gasteiger partial charge in [-0.25, -0.2) is 9.69 Å². The zero-order valence-electron chi connectivity index (χ0n) is 19.0. The quantitative estimate of drug-likeness (QED) is 0.368. The third-order valence-electron chi connectivity index (χ3n) is 6.45. The molecule has 1 aromatic rings. The normalized spacial score (nSPS) is 19.5. The van der Waals surface area contributed by atoms with E-state index in [1.54, 1.807) is 0 Å². The van der Waals surface area contributed by atoms with Crippen molar-refractivity contribution in [1.82, 2.24) is 9.80 Å². The van der Waals surface area contributed by atoms with Crippen LogP contribution < -0.4 is 0 Å². The standard InChI is InChI=1S/C26H36N2O4/c1-2-3-4-5-10-15-22(19-24(29)27-16-11-7-12-17-27)25(30)28-23(20-32-26(28)31)18-21-13-8-6-9-14-21/h2,6,8-9,13-14,22-23H,1,3-5,7,10-12,15-20H2/t22-,23+/m1/s1. The Hall–Kier alpha value is -2.63. The molecule has 0 N–H and O–H groups in total. The van der Waals surface area contributed by atoms with Crippen molar-refractivity contribution < 1.29 is 19.1 Å². The summed E-state index contributed by atoms with van der Waals surface area (Å²) in [5.41, 5.74) is 1.05. The molecule has 1 aromatic carbocycles. The van der Waals surface area contributed by atoms with E-state index in [9.17, 15) is 14.4 Å². The Labute approximate surface area is 191 Å². The number of carbonyl (C=O) groups excluding carboxylic acids is 3. The maximum absolute atomic E-state index is 13.5. The molecule has 2 aliphatic heterocycles. The predicted octanol–water partition coefficient (Wildman–Crippen LogP) is 4.73. The molecular weight excluding hydrogens is 404 g/mol. The van der Waals surface area contributed by atoms with Crippen LogP contribution in [0.2, 0.25) is 0 Å². The molecule has 2 saturated heterocycles. The van der Waals surface area contributed by atoms with Gasteiger partial charge in [-0.1, -0.05) is 49.2 Å². The molecule has 0 radical (unpaired) electrons. The van der Waals surface area contributed by atoms with Gasteiger partial charge in [0.25, 0.3) is 0 Å². The summed E-state index contributed by atoms with van der Waals surface area (Å²) >= 11 is 0. The summed E-state index contributed by atoms with van der Waals surface area (Å²) in [7, 11) is 0. The molecule has 2 aliphatic rings. The molecule has 0 aliphatic carbocycles. The van der Waals surface area contributed by atoms with Crippen LogP contribution in [-0.4, -0.2) is 53.4 Å². The highest BCUT2D eigenvalue weighted by Gasteiger charge is 2.41. The first-order valence-electron chi connectivity index (χ1n) is 12.0. The van der Waals surface area contributed by atoms with Crippen LogP contribution in [0.1, 0.15) is 63.4 Å². The number of nitrogens with zero attached hydrogens (tertiary/aromatic N) is 2. The molecule has 2 atom stereocenters. The molecule has 0 saturated carbocycles. The van der Waals surface area contributed by atoms with E-state index in [0.29, 0.717) is 12.8 Å². The maximum atomic E-state index is 13.5. The van der Waals surface area contributed by atoms with E-state index in [4.69, 9.17) is 4.74 Å². The lowest BCUT2D eigenvalue weighted by Crippen LogP contribution is -2.45. The molecule has 3 rings (SSSR count). The number of hydrogen-bond acceptors (Lipinski definition) is 4. The molecule has 174 valence electrons. The number of ether oxygens (including phenoxy) is 1. The van der Waals surface area contributed by atoms with Crippen LogP contribution in [-0.2, 0) is 20.7 Å². The first kappa shape index (κ1) is 24.0. The van der Waals surface area contributed by atoms with Crippen molar-refractivity contribution in [1.29, 1.82) is 0 Å². The fraction of sp³-hybridized carbons (Fsp3) is 0.577. The lowest BCUT2D eigenvalue weighted by Gasteiger charge is -2.30. The third-order valence-corrected chi connectivity index (χ3v) is 6.45. The van der Waals surface area contributed by atoms with E-state index in [0.717, 1.165) is 63.6 Å². The first-order valence-corrected chi connectivity index (χ1v) is 12.0. The fourth-order valence-corrected chi connectivity index (χ4v) is 4.62. The highest BCUT2D eigenvalue weighted by molar-refractivity contribution is 5.96. The van der Waals surface area contributed by atoms with E-state index in [-0.39, 0.29) is 30.9 Å². The van der Waals surface area contributed by atoms with Gasteiger partial charge in [-0.05, 0) is 50.5 Å². The fourth-order valence-electron chi connectivity index (χ4n) is 4.62. The lowest BCUT2D eigenvalue weighted by atomic mass is 9.93. The van der Waals surface area contributed by atoms with E-state index in [1.807, 2.05) is 41.3 Å². The topological polar surface area (TPSA) is 66.9 Å². The molecule has 0 bridgehead atoms. The molecule has 6 heteroatoms. The molecule has 2 fully saturated rings. The first-order chi connectivity index (χ1) is 15.6. The van der Waals surface area contributed by atoms with Crippen molar-refractivity contribution in [2.75, 3.05) is 19.7 Å².